The molecule has 0 saturated heterocycles. The maximum atomic E-state index is 5.88. The largest absolute Gasteiger partial charge is 0.330 e. The summed E-state index contributed by atoms with van der Waals surface area (Å²) in [5.74, 6) is 0. The molecule has 1 fully saturated rings. The fraction of sp³-hybridized carbons (Fsp3) is 0.385. The molecule has 1 aromatic heterocycles. The van der Waals surface area contributed by atoms with E-state index in [0.717, 1.165) is 29.6 Å². The SMILES string of the molecule is NCC1(c2cnc3ccccc3n2)CCC1. The quantitative estimate of drug-likeness (QED) is 0.830. The van der Waals surface area contributed by atoms with Gasteiger partial charge in [0.05, 0.1) is 16.7 Å². The highest BCUT2D eigenvalue weighted by atomic mass is 14.8. The lowest BCUT2D eigenvalue weighted by Crippen LogP contribution is -2.42. The molecule has 3 nitrogen and oxygen atoms in total. The average Bonchev–Trinajstić information content (AvgIpc) is 2.28. The monoisotopic (exact) mass is 213 g/mol. The van der Waals surface area contributed by atoms with Crippen molar-refractivity contribution in [3.63, 3.8) is 0 Å². The fourth-order valence-electron chi connectivity index (χ4n) is 2.38. The van der Waals surface area contributed by atoms with Crippen molar-refractivity contribution in [3.05, 3.63) is 36.2 Å². The molecule has 2 N–H and O–H groups in total. The number of hydrogen-bond donors (Lipinski definition) is 1. The van der Waals surface area contributed by atoms with Gasteiger partial charge in [-0.1, -0.05) is 18.6 Å². The first-order valence-electron chi connectivity index (χ1n) is 5.76. The maximum absolute atomic E-state index is 5.88. The van der Waals surface area contributed by atoms with Crippen LogP contribution >= 0.6 is 0 Å². The van der Waals surface area contributed by atoms with Gasteiger partial charge in [-0.2, -0.15) is 0 Å². The molecule has 2 aromatic rings. The van der Waals surface area contributed by atoms with Gasteiger partial charge in [-0.25, -0.2) is 4.98 Å². The predicted octanol–water partition coefficient (Wildman–Crippen LogP) is 2.01. The van der Waals surface area contributed by atoms with Gasteiger partial charge in [0, 0.05) is 18.2 Å². The smallest absolute Gasteiger partial charge is 0.0890 e. The molecule has 0 spiro atoms. The number of nitrogens with two attached hydrogens (primary N) is 1. The Bertz CT molecular complexity index is 512. The number of aromatic nitrogens is 2. The van der Waals surface area contributed by atoms with Gasteiger partial charge in [0.2, 0.25) is 0 Å². The van der Waals surface area contributed by atoms with E-state index in [4.69, 9.17) is 10.7 Å². The number of hydrogen-bond acceptors (Lipinski definition) is 3. The Morgan fingerprint density at radius 3 is 2.56 bits per heavy atom. The van der Waals surface area contributed by atoms with Crippen LogP contribution < -0.4 is 5.73 Å². The minimum absolute atomic E-state index is 0.108. The van der Waals surface area contributed by atoms with Gasteiger partial charge < -0.3 is 5.73 Å². The van der Waals surface area contributed by atoms with Crippen LogP contribution in [0.4, 0.5) is 0 Å². The minimum atomic E-state index is 0.108. The molecule has 0 amide bonds. The standard InChI is InChI=1S/C13H15N3/c14-9-13(6-3-7-13)12-8-15-10-4-1-2-5-11(10)16-12/h1-2,4-5,8H,3,6-7,9,14H2. The van der Waals surface area contributed by atoms with Crippen molar-refractivity contribution >= 4 is 11.0 Å². The van der Waals surface area contributed by atoms with E-state index in [1.165, 1.54) is 6.42 Å². The van der Waals surface area contributed by atoms with Crippen LogP contribution in [0.3, 0.4) is 0 Å². The lowest BCUT2D eigenvalue weighted by molar-refractivity contribution is 0.246. The zero-order valence-electron chi connectivity index (χ0n) is 9.19. The first-order chi connectivity index (χ1) is 7.84. The van der Waals surface area contributed by atoms with Crippen molar-refractivity contribution in [3.8, 4) is 0 Å². The highest BCUT2D eigenvalue weighted by Crippen LogP contribution is 2.41. The van der Waals surface area contributed by atoms with E-state index < -0.39 is 0 Å². The summed E-state index contributed by atoms with van der Waals surface area (Å²) < 4.78 is 0. The molecular weight excluding hydrogens is 198 g/mol. The van der Waals surface area contributed by atoms with Gasteiger partial charge in [0.25, 0.3) is 0 Å². The van der Waals surface area contributed by atoms with E-state index in [-0.39, 0.29) is 5.41 Å². The summed E-state index contributed by atoms with van der Waals surface area (Å²) in [5.41, 5.74) is 8.98. The van der Waals surface area contributed by atoms with Crippen molar-refractivity contribution in [2.24, 2.45) is 5.73 Å². The second-order valence-corrected chi connectivity index (χ2v) is 4.58. The summed E-state index contributed by atoms with van der Waals surface area (Å²) in [5, 5.41) is 0. The second-order valence-electron chi connectivity index (χ2n) is 4.58. The molecule has 1 aromatic carbocycles. The van der Waals surface area contributed by atoms with Crippen molar-refractivity contribution in [2.45, 2.75) is 24.7 Å². The van der Waals surface area contributed by atoms with Crippen molar-refractivity contribution < 1.29 is 0 Å². The van der Waals surface area contributed by atoms with Crippen LogP contribution in [0, 0.1) is 0 Å². The Kier molecular flexibility index (Phi) is 2.14. The summed E-state index contributed by atoms with van der Waals surface area (Å²) >= 11 is 0. The molecule has 82 valence electrons. The number of rotatable bonds is 2. The lowest BCUT2D eigenvalue weighted by Gasteiger charge is -2.40. The maximum Gasteiger partial charge on any atom is 0.0890 e. The third-order valence-corrected chi connectivity index (χ3v) is 3.69. The number of nitrogens with zero attached hydrogens (tertiary/aromatic N) is 2. The van der Waals surface area contributed by atoms with E-state index in [2.05, 4.69) is 4.98 Å². The molecule has 1 saturated carbocycles. The Morgan fingerprint density at radius 2 is 1.94 bits per heavy atom. The molecule has 1 aliphatic rings. The van der Waals surface area contributed by atoms with Crippen molar-refractivity contribution in [2.75, 3.05) is 6.54 Å². The summed E-state index contributed by atoms with van der Waals surface area (Å²) in [6.07, 6.45) is 5.45. The fourth-order valence-corrected chi connectivity index (χ4v) is 2.38. The highest BCUT2D eigenvalue weighted by molar-refractivity contribution is 5.73. The average molecular weight is 213 g/mol. The molecule has 1 heterocycles. The van der Waals surface area contributed by atoms with Crippen LogP contribution in [0.25, 0.3) is 11.0 Å². The molecule has 3 heteroatoms. The van der Waals surface area contributed by atoms with Gasteiger partial charge >= 0.3 is 0 Å². The summed E-state index contributed by atoms with van der Waals surface area (Å²) in [6.45, 7) is 0.681. The first-order valence-corrected chi connectivity index (χ1v) is 5.76. The van der Waals surface area contributed by atoms with E-state index in [1.807, 2.05) is 30.5 Å². The normalized spacial score (nSPS) is 18.3. The molecule has 0 unspecified atom stereocenters. The van der Waals surface area contributed by atoms with E-state index >= 15 is 0 Å². The molecule has 1 aliphatic carbocycles. The predicted molar refractivity (Wildman–Crippen MR) is 64.1 cm³/mol. The lowest BCUT2D eigenvalue weighted by atomic mass is 9.67. The molecule has 16 heavy (non-hydrogen) atoms. The van der Waals surface area contributed by atoms with Crippen molar-refractivity contribution in [1.29, 1.82) is 0 Å². The second kappa shape index (κ2) is 3.52. The topological polar surface area (TPSA) is 51.8 Å². The molecule has 0 bridgehead atoms. The van der Waals surface area contributed by atoms with Crippen LogP contribution in [0.1, 0.15) is 25.0 Å². The molecule has 3 rings (SSSR count). The minimum Gasteiger partial charge on any atom is -0.330 e. The van der Waals surface area contributed by atoms with Crippen LogP contribution in [0.5, 0.6) is 0 Å². The first kappa shape index (κ1) is 9.73. The summed E-state index contributed by atoms with van der Waals surface area (Å²) in [7, 11) is 0. The highest BCUT2D eigenvalue weighted by Gasteiger charge is 2.38. The third-order valence-electron chi connectivity index (χ3n) is 3.69. The number of para-hydroxylation sites is 2. The summed E-state index contributed by atoms with van der Waals surface area (Å²) in [4.78, 5) is 9.16. The third kappa shape index (κ3) is 1.32. The van der Waals surface area contributed by atoms with Crippen LogP contribution in [-0.4, -0.2) is 16.5 Å². The van der Waals surface area contributed by atoms with E-state index in [9.17, 15) is 0 Å². The number of benzene rings is 1. The molecular formula is C13H15N3. The van der Waals surface area contributed by atoms with Crippen LogP contribution in [0.2, 0.25) is 0 Å². The van der Waals surface area contributed by atoms with E-state index in [0.29, 0.717) is 6.54 Å². The molecule has 0 aliphatic heterocycles. The van der Waals surface area contributed by atoms with Gasteiger partial charge in [-0.05, 0) is 25.0 Å². The van der Waals surface area contributed by atoms with Gasteiger partial charge in [0.15, 0.2) is 0 Å². The zero-order chi connectivity index (χ0) is 11.0. The van der Waals surface area contributed by atoms with E-state index in [1.54, 1.807) is 0 Å². The van der Waals surface area contributed by atoms with Crippen LogP contribution in [-0.2, 0) is 5.41 Å². The molecule has 0 atom stereocenters. The van der Waals surface area contributed by atoms with Gasteiger partial charge in [-0.15, -0.1) is 0 Å². The van der Waals surface area contributed by atoms with Crippen LogP contribution in [0.15, 0.2) is 30.5 Å². The Hall–Kier alpha value is -1.48. The Labute approximate surface area is 94.7 Å². The zero-order valence-corrected chi connectivity index (χ0v) is 9.19. The molecule has 0 radical (unpaired) electrons. The van der Waals surface area contributed by atoms with Gasteiger partial charge in [0.1, 0.15) is 0 Å². The Balaban J connectivity index is 2.11. The summed E-state index contributed by atoms with van der Waals surface area (Å²) in [6, 6.07) is 7.98. The number of fused-ring (bicyclic) bond motifs is 1. The van der Waals surface area contributed by atoms with Crippen molar-refractivity contribution in [1.82, 2.24) is 9.97 Å². The Morgan fingerprint density at radius 1 is 1.19 bits per heavy atom. The van der Waals surface area contributed by atoms with Gasteiger partial charge in [-0.3, -0.25) is 4.98 Å².